The Morgan fingerprint density at radius 2 is 2.12 bits per heavy atom. The van der Waals surface area contributed by atoms with Gasteiger partial charge in [-0.05, 0) is 29.6 Å². The molecule has 2 heterocycles. The fourth-order valence-electron chi connectivity index (χ4n) is 2.11. The van der Waals surface area contributed by atoms with E-state index in [4.69, 9.17) is 9.47 Å². The Balaban J connectivity index is 1.47. The molecule has 2 aromatic heterocycles. The van der Waals surface area contributed by atoms with Crippen LogP contribution in [0.4, 0.5) is 0 Å². The number of carbonyl (C=O) groups is 1. The molecule has 7 heteroatoms. The molecule has 0 spiro atoms. The Bertz CT molecular complexity index is 799. The molecular weight excluding hydrogens is 326 g/mol. The summed E-state index contributed by atoms with van der Waals surface area (Å²) >= 11 is 1.59. The van der Waals surface area contributed by atoms with Gasteiger partial charge in [0, 0.05) is 6.07 Å². The van der Waals surface area contributed by atoms with Crippen LogP contribution in [0.1, 0.15) is 10.5 Å². The number of hydrogen-bond donors (Lipinski definition) is 2. The van der Waals surface area contributed by atoms with Gasteiger partial charge < -0.3 is 14.8 Å². The van der Waals surface area contributed by atoms with Crippen LogP contribution in [-0.4, -0.2) is 36.4 Å². The summed E-state index contributed by atoms with van der Waals surface area (Å²) < 4.78 is 10.7. The number of methoxy groups -OCH3 is 1. The number of nitrogens with one attached hydrogen (secondary N) is 2. The van der Waals surface area contributed by atoms with E-state index in [0.717, 1.165) is 16.3 Å². The Morgan fingerprint density at radius 1 is 1.25 bits per heavy atom. The van der Waals surface area contributed by atoms with Gasteiger partial charge in [-0.1, -0.05) is 12.1 Å². The maximum absolute atomic E-state index is 12.1. The lowest BCUT2D eigenvalue weighted by atomic mass is 10.3. The molecule has 6 nitrogen and oxygen atoms in total. The number of aromatic amines is 1. The molecule has 0 saturated heterocycles. The van der Waals surface area contributed by atoms with Crippen LogP contribution in [0.3, 0.4) is 0 Å². The number of nitrogens with zero attached hydrogens (tertiary/aromatic N) is 1. The highest BCUT2D eigenvalue weighted by Gasteiger charge is 2.11. The molecule has 3 rings (SSSR count). The van der Waals surface area contributed by atoms with Gasteiger partial charge >= 0.3 is 0 Å². The number of H-pyrrole nitrogens is 1. The molecule has 0 aliphatic carbocycles. The summed E-state index contributed by atoms with van der Waals surface area (Å²) in [5, 5.41) is 11.7. The lowest BCUT2D eigenvalue weighted by Crippen LogP contribution is -2.28. The van der Waals surface area contributed by atoms with Gasteiger partial charge in [-0.15, -0.1) is 11.3 Å². The Morgan fingerprint density at radius 3 is 2.92 bits per heavy atom. The van der Waals surface area contributed by atoms with Crippen LogP contribution in [0.2, 0.25) is 0 Å². The maximum Gasteiger partial charge on any atom is 0.271 e. The van der Waals surface area contributed by atoms with Crippen molar-refractivity contribution in [3.8, 4) is 22.1 Å². The number of amides is 1. The van der Waals surface area contributed by atoms with Gasteiger partial charge in [0.15, 0.2) is 5.69 Å². The summed E-state index contributed by atoms with van der Waals surface area (Å²) in [7, 11) is 1.60. The summed E-state index contributed by atoms with van der Waals surface area (Å²) in [4.78, 5) is 13.1. The third-order valence-electron chi connectivity index (χ3n) is 3.29. The monoisotopic (exact) mass is 343 g/mol. The molecular formula is C17H17N3O3S. The van der Waals surface area contributed by atoms with Crippen molar-refractivity contribution in [2.45, 2.75) is 0 Å². The van der Waals surface area contributed by atoms with E-state index in [1.54, 1.807) is 30.6 Å². The van der Waals surface area contributed by atoms with E-state index < -0.39 is 0 Å². The average Bonchev–Trinajstić information content (AvgIpc) is 3.29. The quantitative estimate of drug-likeness (QED) is 0.647. The van der Waals surface area contributed by atoms with Crippen LogP contribution in [0.15, 0.2) is 47.8 Å². The Labute approximate surface area is 143 Å². The zero-order valence-electron chi connectivity index (χ0n) is 13.1. The first-order valence-corrected chi connectivity index (χ1v) is 8.28. The second-order valence-electron chi connectivity index (χ2n) is 4.93. The van der Waals surface area contributed by atoms with Crippen LogP contribution >= 0.6 is 11.3 Å². The largest absolute Gasteiger partial charge is 0.497 e. The van der Waals surface area contributed by atoms with Crippen LogP contribution in [0.5, 0.6) is 11.5 Å². The predicted octanol–water partition coefficient (Wildman–Crippen LogP) is 2.96. The fourth-order valence-corrected chi connectivity index (χ4v) is 2.80. The molecule has 2 N–H and O–H groups in total. The minimum absolute atomic E-state index is 0.233. The first-order chi connectivity index (χ1) is 11.8. The highest BCUT2D eigenvalue weighted by molar-refractivity contribution is 7.13. The standard InChI is InChI=1S/C17H17N3O3S/c1-22-12-4-2-5-13(10-12)23-8-7-18-17(21)15-11-14(19-20-15)16-6-3-9-24-16/h2-6,9-11H,7-8H2,1H3,(H,18,21)(H,19,20). The molecule has 1 aromatic carbocycles. The van der Waals surface area contributed by atoms with Crippen LogP contribution in [-0.2, 0) is 0 Å². The van der Waals surface area contributed by atoms with Crippen molar-refractivity contribution in [3.05, 3.63) is 53.5 Å². The third kappa shape index (κ3) is 3.94. The normalized spacial score (nSPS) is 10.4. The van der Waals surface area contributed by atoms with Crippen LogP contribution < -0.4 is 14.8 Å². The summed E-state index contributed by atoms with van der Waals surface area (Å²) in [6.45, 7) is 0.748. The van der Waals surface area contributed by atoms with Gasteiger partial charge in [-0.25, -0.2) is 0 Å². The van der Waals surface area contributed by atoms with Crippen molar-refractivity contribution in [2.24, 2.45) is 0 Å². The molecule has 1 amide bonds. The summed E-state index contributed by atoms with van der Waals surface area (Å²) in [5.41, 5.74) is 1.20. The lowest BCUT2D eigenvalue weighted by Gasteiger charge is -2.08. The maximum atomic E-state index is 12.1. The number of carbonyl (C=O) groups excluding carboxylic acids is 1. The first kappa shape index (κ1) is 16.1. The molecule has 0 atom stereocenters. The third-order valence-corrected chi connectivity index (χ3v) is 4.20. The van der Waals surface area contributed by atoms with Crippen molar-refractivity contribution in [1.82, 2.24) is 15.5 Å². The average molecular weight is 343 g/mol. The second kappa shape index (κ2) is 7.65. The molecule has 0 saturated carbocycles. The Kier molecular flexibility index (Phi) is 5.12. The van der Waals surface area contributed by atoms with E-state index in [1.807, 2.05) is 35.7 Å². The minimum atomic E-state index is -0.233. The number of thiophene rings is 1. The number of rotatable bonds is 7. The highest BCUT2D eigenvalue weighted by Crippen LogP contribution is 2.22. The van der Waals surface area contributed by atoms with Crippen molar-refractivity contribution < 1.29 is 14.3 Å². The Hall–Kier alpha value is -2.80. The smallest absolute Gasteiger partial charge is 0.271 e. The van der Waals surface area contributed by atoms with E-state index in [0.29, 0.717) is 24.6 Å². The van der Waals surface area contributed by atoms with Crippen LogP contribution in [0.25, 0.3) is 10.6 Å². The molecule has 0 aliphatic rings. The van der Waals surface area contributed by atoms with Gasteiger partial charge in [0.2, 0.25) is 0 Å². The van der Waals surface area contributed by atoms with E-state index in [9.17, 15) is 4.79 Å². The SMILES string of the molecule is COc1cccc(OCCNC(=O)c2cc(-c3cccs3)[nH]n2)c1. The molecule has 3 aromatic rings. The van der Waals surface area contributed by atoms with Gasteiger partial charge in [-0.3, -0.25) is 9.89 Å². The fraction of sp³-hybridized carbons (Fsp3) is 0.176. The van der Waals surface area contributed by atoms with E-state index in [2.05, 4.69) is 15.5 Å². The van der Waals surface area contributed by atoms with E-state index >= 15 is 0 Å². The number of benzene rings is 1. The lowest BCUT2D eigenvalue weighted by molar-refractivity contribution is 0.0942. The number of ether oxygens (including phenoxy) is 2. The predicted molar refractivity (Wildman–Crippen MR) is 92.7 cm³/mol. The zero-order chi connectivity index (χ0) is 16.8. The molecule has 0 fully saturated rings. The van der Waals surface area contributed by atoms with Crippen molar-refractivity contribution in [1.29, 1.82) is 0 Å². The molecule has 24 heavy (non-hydrogen) atoms. The van der Waals surface area contributed by atoms with Crippen LogP contribution in [0, 0.1) is 0 Å². The molecule has 124 valence electrons. The summed E-state index contributed by atoms with van der Waals surface area (Å²) in [6.07, 6.45) is 0. The topological polar surface area (TPSA) is 76.2 Å². The van der Waals surface area contributed by atoms with Crippen molar-refractivity contribution in [2.75, 3.05) is 20.3 Å². The highest BCUT2D eigenvalue weighted by atomic mass is 32.1. The molecule has 0 aliphatic heterocycles. The van der Waals surface area contributed by atoms with Gasteiger partial charge in [0.05, 0.1) is 24.2 Å². The zero-order valence-corrected chi connectivity index (χ0v) is 13.9. The van der Waals surface area contributed by atoms with Gasteiger partial charge in [0.1, 0.15) is 18.1 Å². The molecule has 0 unspecified atom stereocenters. The minimum Gasteiger partial charge on any atom is -0.497 e. The van der Waals surface area contributed by atoms with Crippen molar-refractivity contribution >= 4 is 17.2 Å². The summed E-state index contributed by atoms with van der Waals surface area (Å²) in [6, 6.07) is 13.0. The van der Waals surface area contributed by atoms with Gasteiger partial charge in [0.25, 0.3) is 5.91 Å². The summed E-state index contributed by atoms with van der Waals surface area (Å²) in [5.74, 6) is 1.20. The molecule has 0 bridgehead atoms. The van der Waals surface area contributed by atoms with E-state index in [1.165, 1.54) is 0 Å². The van der Waals surface area contributed by atoms with Crippen molar-refractivity contribution in [3.63, 3.8) is 0 Å². The number of hydrogen-bond acceptors (Lipinski definition) is 5. The first-order valence-electron chi connectivity index (χ1n) is 7.40. The number of aromatic nitrogens is 2. The second-order valence-corrected chi connectivity index (χ2v) is 5.88. The van der Waals surface area contributed by atoms with Gasteiger partial charge in [-0.2, -0.15) is 5.10 Å². The van der Waals surface area contributed by atoms with E-state index in [-0.39, 0.29) is 5.91 Å². The molecule has 0 radical (unpaired) electrons.